The van der Waals surface area contributed by atoms with Gasteiger partial charge in [-0.25, -0.2) is 4.98 Å². The minimum absolute atomic E-state index is 0.0811. The highest BCUT2D eigenvalue weighted by Gasteiger charge is 2.35. The van der Waals surface area contributed by atoms with Gasteiger partial charge < -0.3 is 15.4 Å². The van der Waals surface area contributed by atoms with Crippen molar-refractivity contribution in [3.05, 3.63) is 51.5 Å². The zero-order valence-electron chi connectivity index (χ0n) is 16.5. The molecule has 5 nitrogen and oxygen atoms in total. The van der Waals surface area contributed by atoms with Gasteiger partial charge in [0.25, 0.3) is 0 Å². The van der Waals surface area contributed by atoms with Crippen LogP contribution in [0.1, 0.15) is 40.8 Å². The maximum absolute atomic E-state index is 5.66. The molecule has 1 aromatic heterocycles. The Morgan fingerprint density at radius 3 is 2.70 bits per heavy atom. The van der Waals surface area contributed by atoms with Crippen LogP contribution < -0.4 is 10.6 Å². The molecule has 0 atom stereocenters. The van der Waals surface area contributed by atoms with E-state index in [1.807, 2.05) is 13.2 Å². The number of benzene rings is 1. The number of nitrogens with one attached hydrogen (secondary N) is 2. The number of thiazole rings is 1. The van der Waals surface area contributed by atoms with E-state index in [1.54, 1.807) is 11.3 Å². The minimum Gasteiger partial charge on any atom is -0.381 e. The van der Waals surface area contributed by atoms with Gasteiger partial charge in [-0.3, -0.25) is 4.99 Å². The Kier molecular flexibility index (Phi) is 6.85. The Morgan fingerprint density at radius 2 is 2.04 bits per heavy atom. The van der Waals surface area contributed by atoms with E-state index in [0.717, 1.165) is 50.0 Å². The van der Waals surface area contributed by atoms with E-state index < -0.39 is 0 Å². The fourth-order valence-electron chi connectivity index (χ4n) is 3.70. The van der Waals surface area contributed by atoms with Gasteiger partial charge in [0.1, 0.15) is 5.01 Å². The van der Waals surface area contributed by atoms with E-state index in [1.165, 1.54) is 16.0 Å². The molecule has 0 unspecified atom stereocenters. The van der Waals surface area contributed by atoms with Crippen LogP contribution in [0.4, 0.5) is 0 Å². The van der Waals surface area contributed by atoms with Crippen molar-refractivity contribution in [2.75, 3.05) is 26.8 Å². The van der Waals surface area contributed by atoms with Crippen molar-refractivity contribution in [1.82, 2.24) is 15.6 Å². The van der Waals surface area contributed by atoms with Gasteiger partial charge in [-0.05, 0) is 37.3 Å². The molecule has 2 heterocycles. The third-order valence-corrected chi connectivity index (χ3v) is 6.48. The van der Waals surface area contributed by atoms with Crippen LogP contribution in [0.5, 0.6) is 0 Å². The summed E-state index contributed by atoms with van der Waals surface area (Å²) in [7, 11) is 1.82. The zero-order chi connectivity index (χ0) is 19.1. The van der Waals surface area contributed by atoms with E-state index in [0.29, 0.717) is 6.54 Å². The van der Waals surface area contributed by atoms with Gasteiger partial charge in [-0.15, -0.1) is 11.3 Å². The highest BCUT2D eigenvalue weighted by atomic mass is 32.1. The molecule has 1 saturated heterocycles. The number of aryl methyl sites for hydroxylation is 2. The predicted octanol–water partition coefficient (Wildman–Crippen LogP) is 3.43. The third-order valence-electron chi connectivity index (χ3n) is 5.34. The molecule has 6 heteroatoms. The Hall–Kier alpha value is -1.92. The van der Waals surface area contributed by atoms with E-state index in [9.17, 15) is 0 Å². The topological polar surface area (TPSA) is 58.5 Å². The van der Waals surface area contributed by atoms with Crippen LogP contribution in [0.3, 0.4) is 0 Å². The molecule has 0 saturated carbocycles. The fourth-order valence-corrected chi connectivity index (χ4v) is 4.50. The van der Waals surface area contributed by atoms with Crippen LogP contribution >= 0.6 is 11.3 Å². The first-order valence-corrected chi connectivity index (χ1v) is 10.5. The second-order valence-electron chi connectivity index (χ2n) is 7.06. The van der Waals surface area contributed by atoms with E-state index >= 15 is 0 Å². The Bertz CT molecular complexity index is 765. The summed E-state index contributed by atoms with van der Waals surface area (Å²) in [5.74, 6) is 0.822. The first kappa shape index (κ1) is 19.8. The molecule has 1 fully saturated rings. The second-order valence-corrected chi connectivity index (χ2v) is 8.26. The van der Waals surface area contributed by atoms with Crippen molar-refractivity contribution < 1.29 is 4.74 Å². The number of nitrogens with zero attached hydrogens (tertiary/aromatic N) is 2. The molecule has 0 amide bonds. The van der Waals surface area contributed by atoms with Gasteiger partial charge in [-0.2, -0.15) is 0 Å². The van der Waals surface area contributed by atoms with Gasteiger partial charge in [-0.1, -0.05) is 31.2 Å². The van der Waals surface area contributed by atoms with Crippen molar-refractivity contribution in [2.24, 2.45) is 4.99 Å². The van der Waals surface area contributed by atoms with Gasteiger partial charge >= 0.3 is 0 Å². The molecule has 1 aromatic carbocycles. The molecule has 1 aliphatic heterocycles. The number of hydrogen-bond donors (Lipinski definition) is 2. The van der Waals surface area contributed by atoms with Crippen LogP contribution in [0.15, 0.2) is 35.5 Å². The van der Waals surface area contributed by atoms with Crippen LogP contribution in [-0.4, -0.2) is 37.7 Å². The van der Waals surface area contributed by atoms with E-state index in [-0.39, 0.29) is 5.41 Å². The third kappa shape index (κ3) is 4.87. The number of ether oxygens (including phenoxy) is 1. The average molecular weight is 387 g/mol. The monoisotopic (exact) mass is 386 g/mol. The van der Waals surface area contributed by atoms with Gasteiger partial charge in [0.05, 0.1) is 6.54 Å². The lowest BCUT2D eigenvalue weighted by molar-refractivity contribution is 0.0512. The van der Waals surface area contributed by atoms with Crippen molar-refractivity contribution in [3.63, 3.8) is 0 Å². The average Bonchev–Trinajstić information content (AvgIpc) is 3.17. The summed E-state index contributed by atoms with van der Waals surface area (Å²) >= 11 is 1.76. The largest absolute Gasteiger partial charge is 0.381 e. The molecule has 1 aliphatic rings. The first-order chi connectivity index (χ1) is 13.2. The second kappa shape index (κ2) is 9.33. The summed E-state index contributed by atoms with van der Waals surface area (Å²) in [5.41, 5.74) is 2.85. The number of rotatable bonds is 6. The summed E-state index contributed by atoms with van der Waals surface area (Å²) in [5, 5.41) is 8.05. The van der Waals surface area contributed by atoms with Crippen molar-refractivity contribution in [3.8, 4) is 0 Å². The molecule has 3 rings (SSSR count). The lowest BCUT2D eigenvalue weighted by Gasteiger charge is -2.39. The lowest BCUT2D eigenvalue weighted by atomic mass is 9.72. The summed E-state index contributed by atoms with van der Waals surface area (Å²) in [6.45, 7) is 7.52. The summed E-state index contributed by atoms with van der Waals surface area (Å²) < 4.78 is 5.66. The van der Waals surface area contributed by atoms with Gasteiger partial charge in [0, 0.05) is 43.3 Å². The van der Waals surface area contributed by atoms with Crippen molar-refractivity contribution >= 4 is 17.3 Å². The first-order valence-electron chi connectivity index (χ1n) is 9.69. The molecule has 0 spiro atoms. The molecule has 0 aliphatic carbocycles. The molecular weight excluding hydrogens is 356 g/mol. The summed E-state index contributed by atoms with van der Waals surface area (Å²) in [6.07, 6.45) is 5.04. The van der Waals surface area contributed by atoms with E-state index in [2.05, 4.69) is 58.7 Å². The minimum atomic E-state index is 0.0811. The molecular formula is C21H30N4OS. The fraction of sp³-hybridized carbons (Fsp3) is 0.524. The molecule has 0 radical (unpaired) electrons. The number of aliphatic imine (C=N–C) groups is 1. The Labute approximate surface area is 166 Å². The zero-order valence-corrected chi connectivity index (χ0v) is 17.4. The standard InChI is InChI=1S/C21H30N4OS/c1-4-17-13-23-19(27-17)14-24-20(22-3)25-15-21(9-11-26-12-10-21)18-8-6-5-7-16(18)2/h5-8,13H,4,9-12,14-15H2,1-3H3,(H2,22,24,25). The van der Waals surface area contributed by atoms with E-state index in [4.69, 9.17) is 4.74 Å². The lowest BCUT2D eigenvalue weighted by Crippen LogP contribution is -2.48. The maximum Gasteiger partial charge on any atom is 0.191 e. The molecule has 2 N–H and O–H groups in total. The maximum atomic E-state index is 5.66. The van der Waals surface area contributed by atoms with Crippen molar-refractivity contribution in [2.45, 2.75) is 45.1 Å². The molecule has 0 bridgehead atoms. The normalized spacial score (nSPS) is 16.9. The number of hydrogen-bond acceptors (Lipinski definition) is 4. The number of guanidine groups is 1. The predicted molar refractivity (Wildman–Crippen MR) is 113 cm³/mol. The molecule has 2 aromatic rings. The summed E-state index contributed by atoms with van der Waals surface area (Å²) in [6, 6.07) is 8.71. The number of aromatic nitrogens is 1. The quantitative estimate of drug-likeness (QED) is 0.590. The van der Waals surface area contributed by atoms with Crippen LogP contribution in [0.2, 0.25) is 0 Å². The summed E-state index contributed by atoms with van der Waals surface area (Å²) in [4.78, 5) is 10.2. The molecule has 146 valence electrons. The Morgan fingerprint density at radius 1 is 1.26 bits per heavy atom. The van der Waals surface area contributed by atoms with Crippen LogP contribution in [0.25, 0.3) is 0 Å². The SMILES string of the molecule is CCc1cnc(CNC(=NC)NCC2(c3ccccc3C)CCOCC2)s1. The van der Waals surface area contributed by atoms with Crippen LogP contribution in [-0.2, 0) is 23.1 Å². The van der Waals surface area contributed by atoms with Crippen LogP contribution in [0, 0.1) is 6.92 Å². The van der Waals surface area contributed by atoms with Gasteiger partial charge in [0.15, 0.2) is 5.96 Å². The Balaban J connectivity index is 1.66. The highest BCUT2D eigenvalue weighted by molar-refractivity contribution is 7.11. The smallest absolute Gasteiger partial charge is 0.191 e. The van der Waals surface area contributed by atoms with Crippen molar-refractivity contribution in [1.29, 1.82) is 0 Å². The molecule has 27 heavy (non-hydrogen) atoms. The highest BCUT2D eigenvalue weighted by Crippen LogP contribution is 2.36. The van der Waals surface area contributed by atoms with Gasteiger partial charge in [0.2, 0.25) is 0 Å².